The number of pyridine rings is 1. The van der Waals surface area contributed by atoms with E-state index in [4.69, 9.17) is 4.42 Å². The van der Waals surface area contributed by atoms with Crippen LogP contribution >= 0.6 is 0 Å². The van der Waals surface area contributed by atoms with Gasteiger partial charge in [0, 0.05) is 49.3 Å². The van der Waals surface area contributed by atoms with Crippen LogP contribution in [0.3, 0.4) is 0 Å². The van der Waals surface area contributed by atoms with E-state index in [1.165, 1.54) is 11.6 Å². The topological polar surface area (TPSA) is 95.7 Å². The molecular formula is C27H31N3O4. The van der Waals surface area contributed by atoms with Gasteiger partial charge in [-0.3, -0.25) is 19.5 Å². The van der Waals surface area contributed by atoms with Gasteiger partial charge in [0.2, 0.25) is 17.1 Å². The number of piperidine rings is 1. The summed E-state index contributed by atoms with van der Waals surface area (Å²) in [6.07, 6.45) is 3.72. The number of amides is 1. The Balaban J connectivity index is 1.48. The number of carbonyl (C=O) groups is 1. The van der Waals surface area contributed by atoms with Crippen LogP contribution in [0.25, 0.3) is 0 Å². The molecule has 1 aliphatic heterocycles. The Hall–Kier alpha value is -3.45. The van der Waals surface area contributed by atoms with Crippen molar-refractivity contribution in [1.29, 1.82) is 0 Å². The van der Waals surface area contributed by atoms with E-state index in [0.29, 0.717) is 31.6 Å². The van der Waals surface area contributed by atoms with Gasteiger partial charge >= 0.3 is 0 Å². The van der Waals surface area contributed by atoms with Crippen molar-refractivity contribution in [2.24, 2.45) is 0 Å². The highest BCUT2D eigenvalue weighted by Crippen LogP contribution is 2.42. The van der Waals surface area contributed by atoms with Gasteiger partial charge in [-0.15, -0.1) is 0 Å². The minimum Gasteiger partial charge on any atom is -0.502 e. The summed E-state index contributed by atoms with van der Waals surface area (Å²) < 4.78 is 5.90. The number of aromatic nitrogens is 1. The van der Waals surface area contributed by atoms with E-state index in [1.807, 2.05) is 36.4 Å². The van der Waals surface area contributed by atoms with Crippen molar-refractivity contribution in [3.05, 3.63) is 93.8 Å². The fourth-order valence-corrected chi connectivity index (χ4v) is 4.67. The first-order valence-corrected chi connectivity index (χ1v) is 11.7. The third-order valence-electron chi connectivity index (χ3n) is 6.52. The average Bonchev–Trinajstić information content (AvgIpc) is 2.84. The highest BCUT2D eigenvalue weighted by molar-refractivity contribution is 5.77. The van der Waals surface area contributed by atoms with Crippen molar-refractivity contribution >= 4 is 5.91 Å². The van der Waals surface area contributed by atoms with Gasteiger partial charge in [-0.1, -0.05) is 36.4 Å². The molecule has 2 aromatic heterocycles. The van der Waals surface area contributed by atoms with Crippen LogP contribution in [0.15, 0.2) is 70.0 Å². The minimum absolute atomic E-state index is 0.129. The SMILES string of the molecule is Cc1cc(=O)c(O)c(C2(CC(=O)NCCc3ccccn3)CCN(Cc3ccccc3)CC2)o1. The maximum absolute atomic E-state index is 13.0. The summed E-state index contributed by atoms with van der Waals surface area (Å²) in [6, 6.07) is 17.2. The van der Waals surface area contributed by atoms with E-state index < -0.39 is 10.8 Å². The maximum Gasteiger partial charge on any atom is 0.227 e. The van der Waals surface area contributed by atoms with E-state index in [1.54, 1.807) is 13.1 Å². The zero-order chi connectivity index (χ0) is 24.0. The van der Waals surface area contributed by atoms with Crippen LogP contribution in [0.2, 0.25) is 0 Å². The smallest absolute Gasteiger partial charge is 0.227 e. The van der Waals surface area contributed by atoms with Crippen LogP contribution in [-0.2, 0) is 23.2 Å². The molecule has 3 heterocycles. The van der Waals surface area contributed by atoms with Crippen molar-refractivity contribution in [1.82, 2.24) is 15.2 Å². The van der Waals surface area contributed by atoms with Gasteiger partial charge in [0.05, 0.1) is 0 Å². The zero-order valence-corrected chi connectivity index (χ0v) is 19.5. The maximum atomic E-state index is 13.0. The van der Waals surface area contributed by atoms with Crippen molar-refractivity contribution in [3.8, 4) is 5.75 Å². The first-order chi connectivity index (χ1) is 16.4. The fourth-order valence-electron chi connectivity index (χ4n) is 4.67. The van der Waals surface area contributed by atoms with Crippen LogP contribution in [0.5, 0.6) is 5.75 Å². The van der Waals surface area contributed by atoms with Gasteiger partial charge in [0.15, 0.2) is 5.76 Å². The Kier molecular flexibility index (Phi) is 7.43. The molecule has 0 saturated carbocycles. The van der Waals surface area contributed by atoms with E-state index in [0.717, 1.165) is 25.3 Å². The molecule has 1 fully saturated rings. The second-order valence-electron chi connectivity index (χ2n) is 9.04. The first kappa shape index (κ1) is 23.7. The number of aryl methyl sites for hydroxylation is 1. The average molecular weight is 462 g/mol. The molecular weight excluding hydrogens is 430 g/mol. The van der Waals surface area contributed by atoms with Crippen molar-refractivity contribution in [3.63, 3.8) is 0 Å². The Morgan fingerprint density at radius 2 is 1.88 bits per heavy atom. The monoisotopic (exact) mass is 461 g/mol. The molecule has 1 amide bonds. The third kappa shape index (κ3) is 5.72. The highest BCUT2D eigenvalue weighted by atomic mass is 16.4. The van der Waals surface area contributed by atoms with Gasteiger partial charge < -0.3 is 14.8 Å². The number of benzene rings is 1. The Bertz CT molecular complexity index is 1150. The molecule has 3 aromatic rings. The summed E-state index contributed by atoms with van der Waals surface area (Å²) >= 11 is 0. The number of likely N-dealkylation sites (tertiary alicyclic amines) is 1. The molecule has 0 bridgehead atoms. The summed E-state index contributed by atoms with van der Waals surface area (Å²) in [5.74, 6) is 0.149. The number of nitrogens with zero attached hydrogens (tertiary/aromatic N) is 2. The lowest BCUT2D eigenvalue weighted by atomic mass is 9.72. The summed E-state index contributed by atoms with van der Waals surface area (Å²) in [4.78, 5) is 31.9. The Labute approximate surface area is 199 Å². The van der Waals surface area contributed by atoms with Crippen LogP contribution in [0.4, 0.5) is 0 Å². The standard InChI is InChI=1S/C27H31N3O4/c1-20-17-23(31)25(33)26(34-20)27(18-24(32)29-14-10-22-9-5-6-13-28-22)11-15-30(16-12-27)19-21-7-3-2-4-8-21/h2-9,13,17,33H,10-12,14-16,18-19H2,1H3,(H,29,32). The quantitative estimate of drug-likeness (QED) is 0.534. The van der Waals surface area contributed by atoms with E-state index in [9.17, 15) is 14.7 Å². The summed E-state index contributed by atoms with van der Waals surface area (Å²) in [5.41, 5.74) is 0.930. The Morgan fingerprint density at radius 3 is 2.59 bits per heavy atom. The number of hydrogen-bond donors (Lipinski definition) is 2. The Morgan fingerprint density at radius 1 is 1.15 bits per heavy atom. The van der Waals surface area contributed by atoms with Crippen molar-refractivity contribution < 1.29 is 14.3 Å². The van der Waals surface area contributed by atoms with Crippen molar-refractivity contribution in [2.45, 2.75) is 44.6 Å². The molecule has 7 heteroatoms. The summed E-state index contributed by atoms with van der Waals surface area (Å²) in [7, 11) is 0. The van der Waals surface area contributed by atoms with Crippen LogP contribution in [0, 0.1) is 6.92 Å². The van der Waals surface area contributed by atoms with Crippen molar-refractivity contribution in [2.75, 3.05) is 19.6 Å². The van der Waals surface area contributed by atoms with Gasteiger partial charge in [0.1, 0.15) is 5.76 Å². The van der Waals surface area contributed by atoms with E-state index >= 15 is 0 Å². The van der Waals surface area contributed by atoms with Gasteiger partial charge in [0.25, 0.3) is 0 Å². The molecule has 1 aromatic carbocycles. The van der Waals surface area contributed by atoms with Crippen LogP contribution < -0.4 is 10.7 Å². The largest absolute Gasteiger partial charge is 0.502 e. The van der Waals surface area contributed by atoms with Crippen LogP contribution in [0.1, 0.15) is 42.0 Å². The van der Waals surface area contributed by atoms with E-state index in [-0.39, 0.29) is 23.8 Å². The second-order valence-corrected chi connectivity index (χ2v) is 9.04. The molecule has 0 spiro atoms. The molecule has 0 radical (unpaired) electrons. The molecule has 2 N–H and O–H groups in total. The lowest BCUT2D eigenvalue weighted by Crippen LogP contribution is -2.45. The molecule has 178 valence electrons. The molecule has 34 heavy (non-hydrogen) atoms. The lowest BCUT2D eigenvalue weighted by molar-refractivity contribution is -0.123. The van der Waals surface area contributed by atoms with Gasteiger partial charge in [-0.2, -0.15) is 0 Å². The zero-order valence-electron chi connectivity index (χ0n) is 19.5. The molecule has 0 unspecified atom stereocenters. The minimum atomic E-state index is -0.739. The second kappa shape index (κ2) is 10.7. The molecule has 4 rings (SSSR count). The predicted octanol–water partition coefficient (Wildman–Crippen LogP) is 3.33. The van der Waals surface area contributed by atoms with Gasteiger partial charge in [-0.05, 0) is 50.6 Å². The normalized spacial score (nSPS) is 15.7. The molecule has 0 aliphatic carbocycles. The molecule has 1 saturated heterocycles. The number of carbonyl (C=O) groups excluding carboxylic acids is 1. The molecule has 1 aliphatic rings. The lowest BCUT2D eigenvalue weighted by Gasteiger charge is -2.41. The molecule has 7 nitrogen and oxygen atoms in total. The number of nitrogens with one attached hydrogen (secondary N) is 1. The van der Waals surface area contributed by atoms with Crippen LogP contribution in [-0.4, -0.2) is 40.5 Å². The van der Waals surface area contributed by atoms with E-state index in [2.05, 4.69) is 27.3 Å². The number of hydrogen-bond acceptors (Lipinski definition) is 6. The summed E-state index contributed by atoms with van der Waals surface area (Å²) in [5, 5.41) is 13.6. The first-order valence-electron chi connectivity index (χ1n) is 11.7. The summed E-state index contributed by atoms with van der Waals surface area (Å²) in [6.45, 7) is 4.43. The number of aromatic hydroxyl groups is 1. The predicted molar refractivity (Wildman–Crippen MR) is 130 cm³/mol. The number of rotatable bonds is 8. The third-order valence-corrected chi connectivity index (χ3v) is 6.52. The van der Waals surface area contributed by atoms with Gasteiger partial charge in [-0.25, -0.2) is 0 Å². The fraction of sp³-hybridized carbons (Fsp3) is 0.370. The molecule has 0 atom stereocenters. The highest BCUT2D eigenvalue weighted by Gasteiger charge is 2.43.